The summed E-state index contributed by atoms with van der Waals surface area (Å²) in [6, 6.07) is 14.9. The van der Waals surface area contributed by atoms with Crippen LogP contribution in [0.25, 0.3) is 11.0 Å². The molecule has 3 rings (SSSR count). The molecular weight excluding hydrogens is 410 g/mol. The molecule has 0 fully saturated rings. The summed E-state index contributed by atoms with van der Waals surface area (Å²) in [6.45, 7) is 3.83. The summed E-state index contributed by atoms with van der Waals surface area (Å²) in [7, 11) is 0. The first-order valence-electron chi connectivity index (χ1n) is 8.72. The lowest BCUT2D eigenvalue weighted by Crippen LogP contribution is -2.29. The molecule has 0 spiro atoms. The fourth-order valence-corrected chi connectivity index (χ4v) is 3.24. The Bertz CT molecular complexity index is 924. The molecule has 0 aliphatic rings. The first-order chi connectivity index (χ1) is 12.9. The lowest BCUT2D eigenvalue weighted by atomic mass is 10.2. The maximum Gasteiger partial charge on any atom is 0.217 e. The highest BCUT2D eigenvalue weighted by Crippen LogP contribution is 2.22. The predicted molar refractivity (Wildman–Crippen MR) is 108 cm³/mol. The molecule has 6 nitrogen and oxygen atoms in total. The summed E-state index contributed by atoms with van der Waals surface area (Å²) in [6.07, 6.45) is -0.727. The molecule has 3 aromatic rings. The normalized spacial score (nSPS) is 13.3. The van der Waals surface area contributed by atoms with Crippen LogP contribution < -0.4 is 10.1 Å². The number of rotatable bonds is 7. The fourth-order valence-electron chi connectivity index (χ4n) is 2.97. The lowest BCUT2D eigenvalue weighted by molar-refractivity contribution is -0.119. The molecule has 2 N–H and O–H groups in total. The van der Waals surface area contributed by atoms with Gasteiger partial charge >= 0.3 is 0 Å². The van der Waals surface area contributed by atoms with E-state index in [2.05, 4.69) is 26.2 Å². The molecule has 142 valence electrons. The Morgan fingerprint density at radius 1 is 1.26 bits per heavy atom. The highest BCUT2D eigenvalue weighted by Gasteiger charge is 2.19. The number of halogens is 1. The van der Waals surface area contributed by atoms with Gasteiger partial charge in [-0.2, -0.15) is 0 Å². The van der Waals surface area contributed by atoms with Crippen LogP contribution in [-0.2, 0) is 11.3 Å². The molecule has 27 heavy (non-hydrogen) atoms. The van der Waals surface area contributed by atoms with Crippen LogP contribution in [0.2, 0.25) is 0 Å². The molecular formula is C20H22BrN3O3. The molecule has 0 unspecified atom stereocenters. The summed E-state index contributed by atoms with van der Waals surface area (Å²) < 4.78 is 8.58. The number of carbonyl (C=O) groups is 1. The number of fused-ring (bicyclic) bond motifs is 1. The molecule has 0 saturated heterocycles. The number of nitrogens with one attached hydrogen (secondary N) is 1. The van der Waals surface area contributed by atoms with Crippen molar-refractivity contribution >= 4 is 32.9 Å². The SMILES string of the molecule is CC(=O)N[C@@H](C)c1nc2ccccc2n1C[C@@H](O)COc1ccc(Br)cc1. The molecule has 0 aliphatic carbocycles. The minimum Gasteiger partial charge on any atom is -0.491 e. The third-order valence-electron chi connectivity index (χ3n) is 4.14. The number of carbonyl (C=O) groups excluding carboxylic acids is 1. The zero-order valence-corrected chi connectivity index (χ0v) is 16.8. The van der Waals surface area contributed by atoms with Crippen molar-refractivity contribution in [2.24, 2.45) is 0 Å². The maximum absolute atomic E-state index is 11.4. The zero-order valence-electron chi connectivity index (χ0n) is 15.2. The number of hydrogen-bond acceptors (Lipinski definition) is 4. The van der Waals surface area contributed by atoms with Crippen LogP contribution in [-0.4, -0.2) is 33.3 Å². The monoisotopic (exact) mass is 431 g/mol. The summed E-state index contributed by atoms with van der Waals surface area (Å²) >= 11 is 3.38. The van der Waals surface area contributed by atoms with E-state index in [4.69, 9.17) is 4.74 Å². The van der Waals surface area contributed by atoms with Crippen molar-refractivity contribution in [1.82, 2.24) is 14.9 Å². The van der Waals surface area contributed by atoms with Crippen LogP contribution in [0.4, 0.5) is 0 Å². The lowest BCUT2D eigenvalue weighted by Gasteiger charge is -2.18. The van der Waals surface area contributed by atoms with Gasteiger partial charge in [0.05, 0.1) is 23.6 Å². The van der Waals surface area contributed by atoms with E-state index in [9.17, 15) is 9.90 Å². The number of aliphatic hydroxyl groups excluding tert-OH is 1. The van der Waals surface area contributed by atoms with Crippen molar-refractivity contribution in [2.75, 3.05) is 6.61 Å². The fraction of sp³-hybridized carbons (Fsp3) is 0.300. The second-order valence-electron chi connectivity index (χ2n) is 6.41. The Hall–Kier alpha value is -2.38. The van der Waals surface area contributed by atoms with Crippen LogP contribution in [0, 0.1) is 0 Å². The Labute approximate surface area is 166 Å². The van der Waals surface area contributed by atoms with E-state index in [0.717, 1.165) is 15.5 Å². The number of nitrogens with zero attached hydrogens (tertiary/aromatic N) is 2. The topological polar surface area (TPSA) is 76.4 Å². The summed E-state index contributed by atoms with van der Waals surface area (Å²) in [5, 5.41) is 13.4. The molecule has 0 aliphatic heterocycles. The number of aliphatic hydroxyl groups is 1. The molecule has 0 radical (unpaired) electrons. The average Bonchev–Trinajstić information content (AvgIpc) is 2.99. The Morgan fingerprint density at radius 3 is 2.67 bits per heavy atom. The Morgan fingerprint density at radius 2 is 1.96 bits per heavy atom. The highest BCUT2D eigenvalue weighted by molar-refractivity contribution is 9.10. The first-order valence-corrected chi connectivity index (χ1v) is 9.52. The van der Waals surface area contributed by atoms with E-state index in [0.29, 0.717) is 18.1 Å². The summed E-state index contributed by atoms with van der Waals surface area (Å²) in [5.41, 5.74) is 1.73. The summed E-state index contributed by atoms with van der Waals surface area (Å²) in [5.74, 6) is 1.27. The number of amides is 1. The van der Waals surface area contributed by atoms with E-state index >= 15 is 0 Å². The molecule has 2 aromatic carbocycles. The second kappa shape index (κ2) is 8.54. The first kappa shape index (κ1) is 19.4. The van der Waals surface area contributed by atoms with Gasteiger partial charge in [-0.15, -0.1) is 0 Å². The van der Waals surface area contributed by atoms with Gasteiger partial charge in [0.2, 0.25) is 5.91 Å². The van der Waals surface area contributed by atoms with Crippen LogP contribution in [0.1, 0.15) is 25.7 Å². The van der Waals surface area contributed by atoms with Crippen molar-refractivity contribution in [3.8, 4) is 5.75 Å². The van der Waals surface area contributed by atoms with Gasteiger partial charge in [0.1, 0.15) is 24.3 Å². The number of benzene rings is 2. The Balaban J connectivity index is 1.77. The molecule has 1 aromatic heterocycles. The van der Waals surface area contributed by atoms with Crippen LogP contribution in [0.3, 0.4) is 0 Å². The molecule has 0 bridgehead atoms. The van der Waals surface area contributed by atoms with Crippen LogP contribution in [0.15, 0.2) is 53.0 Å². The van der Waals surface area contributed by atoms with Crippen molar-refractivity contribution in [2.45, 2.75) is 32.5 Å². The quantitative estimate of drug-likeness (QED) is 0.600. The molecule has 1 amide bonds. The highest BCUT2D eigenvalue weighted by atomic mass is 79.9. The minimum absolute atomic E-state index is 0.125. The maximum atomic E-state index is 11.4. The van der Waals surface area contributed by atoms with Crippen molar-refractivity contribution in [1.29, 1.82) is 0 Å². The third kappa shape index (κ3) is 4.87. The Kier molecular flexibility index (Phi) is 6.13. The van der Waals surface area contributed by atoms with Crippen LogP contribution >= 0.6 is 15.9 Å². The number of ether oxygens (including phenoxy) is 1. The van der Waals surface area contributed by atoms with Gasteiger partial charge in [-0.25, -0.2) is 4.98 Å². The number of imidazole rings is 1. The van der Waals surface area contributed by atoms with Gasteiger partial charge in [0, 0.05) is 11.4 Å². The van der Waals surface area contributed by atoms with Crippen molar-refractivity contribution in [3.63, 3.8) is 0 Å². The number of hydrogen-bond donors (Lipinski definition) is 2. The largest absolute Gasteiger partial charge is 0.491 e. The van der Waals surface area contributed by atoms with E-state index in [1.807, 2.05) is 60.0 Å². The van der Waals surface area contributed by atoms with Crippen molar-refractivity contribution < 1.29 is 14.6 Å². The van der Waals surface area contributed by atoms with Gasteiger partial charge in [-0.1, -0.05) is 28.1 Å². The minimum atomic E-state index is -0.727. The van der Waals surface area contributed by atoms with Gasteiger partial charge in [0.15, 0.2) is 0 Å². The summed E-state index contributed by atoms with van der Waals surface area (Å²) in [4.78, 5) is 16.1. The number of aromatic nitrogens is 2. The smallest absolute Gasteiger partial charge is 0.217 e. The van der Waals surface area contributed by atoms with Gasteiger partial charge in [-0.3, -0.25) is 4.79 Å². The van der Waals surface area contributed by atoms with Gasteiger partial charge in [-0.05, 0) is 43.3 Å². The van der Waals surface area contributed by atoms with E-state index in [1.165, 1.54) is 6.92 Å². The molecule has 7 heteroatoms. The average molecular weight is 432 g/mol. The standard InChI is InChI=1S/C20H22BrN3O3/c1-13(22-14(2)25)20-23-18-5-3-4-6-19(18)24(20)11-16(26)12-27-17-9-7-15(21)8-10-17/h3-10,13,16,26H,11-12H2,1-2H3,(H,22,25)/t13-,16+/m0/s1. The van der Waals surface area contributed by atoms with Crippen LogP contribution in [0.5, 0.6) is 5.75 Å². The zero-order chi connectivity index (χ0) is 19.4. The van der Waals surface area contributed by atoms with E-state index in [1.54, 1.807) is 0 Å². The molecule has 1 heterocycles. The van der Waals surface area contributed by atoms with Gasteiger partial charge < -0.3 is 19.7 Å². The molecule has 2 atom stereocenters. The number of para-hydroxylation sites is 2. The van der Waals surface area contributed by atoms with Gasteiger partial charge in [0.25, 0.3) is 0 Å². The van der Waals surface area contributed by atoms with Crippen molar-refractivity contribution in [3.05, 3.63) is 58.8 Å². The third-order valence-corrected chi connectivity index (χ3v) is 4.67. The molecule has 0 saturated carbocycles. The van der Waals surface area contributed by atoms with E-state index < -0.39 is 6.10 Å². The van der Waals surface area contributed by atoms with E-state index in [-0.39, 0.29) is 18.6 Å². The second-order valence-corrected chi connectivity index (χ2v) is 7.33. The predicted octanol–water partition coefficient (Wildman–Crippen LogP) is 3.44.